The molecule has 0 amide bonds. The third kappa shape index (κ3) is 3.71. The summed E-state index contributed by atoms with van der Waals surface area (Å²) in [7, 11) is 0. The molecule has 3 fully saturated rings. The van der Waals surface area contributed by atoms with E-state index in [0.717, 1.165) is 31.8 Å². The molecule has 1 aliphatic carbocycles. The first kappa shape index (κ1) is 14.7. The summed E-state index contributed by atoms with van der Waals surface area (Å²) >= 11 is 0. The maximum Gasteiger partial charge on any atom is 0.0637 e. The van der Waals surface area contributed by atoms with E-state index >= 15 is 0 Å². The van der Waals surface area contributed by atoms with E-state index in [-0.39, 0.29) is 0 Å². The SMILES string of the molecule is C[C@H]1N[C@@H](NCC2CCCC2)C[C@@H](N2CC[C@@H](N)C2)N1. The molecule has 0 radical (unpaired) electrons. The molecule has 0 bridgehead atoms. The Kier molecular flexibility index (Phi) is 4.94. The van der Waals surface area contributed by atoms with E-state index in [0.29, 0.717) is 24.5 Å². The fourth-order valence-electron chi connectivity index (χ4n) is 4.02. The van der Waals surface area contributed by atoms with Gasteiger partial charge < -0.3 is 11.1 Å². The molecule has 0 aromatic heterocycles. The van der Waals surface area contributed by atoms with Crippen LogP contribution in [0.2, 0.25) is 0 Å². The van der Waals surface area contributed by atoms with Crippen LogP contribution in [-0.4, -0.2) is 49.1 Å². The van der Waals surface area contributed by atoms with E-state index in [1.165, 1.54) is 32.2 Å². The van der Waals surface area contributed by atoms with Gasteiger partial charge >= 0.3 is 0 Å². The van der Waals surface area contributed by atoms with Crippen LogP contribution in [0.3, 0.4) is 0 Å². The first-order chi connectivity index (χ1) is 9.70. The van der Waals surface area contributed by atoms with Crippen molar-refractivity contribution in [3.63, 3.8) is 0 Å². The van der Waals surface area contributed by atoms with Gasteiger partial charge in [0.25, 0.3) is 0 Å². The first-order valence-corrected chi connectivity index (χ1v) is 8.46. The van der Waals surface area contributed by atoms with Crippen molar-refractivity contribution in [3.05, 3.63) is 0 Å². The largest absolute Gasteiger partial charge is 0.326 e. The molecule has 3 rings (SSSR count). The topological polar surface area (TPSA) is 65.3 Å². The third-order valence-corrected chi connectivity index (χ3v) is 5.18. The van der Waals surface area contributed by atoms with Crippen molar-refractivity contribution in [1.82, 2.24) is 20.9 Å². The summed E-state index contributed by atoms with van der Waals surface area (Å²) in [6.07, 6.45) is 9.23. The van der Waals surface area contributed by atoms with Crippen molar-refractivity contribution in [2.75, 3.05) is 19.6 Å². The summed E-state index contributed by atoms with van der Waals surface area (Å²) in [5, 5.41) is 11.0. The highest BCUT2D eigenvalue weighted by Crippen LogP contribution is 2.24. The van der Waals surface area contributed by atoms with E-state index < -0.39 is 0 Å². The van der Waals surface area contributed by atoms with E-state index in [4.69, 9.17) is 5.73 Å². The minimum atomic E-state index is 0.367. The average molecular weight is 281 g/mol. The van der Waals surface area contributed by atoms with Crippen molar-refractivity contribution in [1.29, 1.82) is 0 Å². The Bertz CT molecular complexity index is 305. The number of hydrogen-bond acceptors (Lipinski definition) is 5. The molecule has 0 aromatic rings. The minimum absolute atomic E-state index is 0.367. The van der Waals surface area contributed by atoms with Gasteiger partial charge in [-0.2, -0.15) is 0 Å². The van der Waals surface area contributed by atoms with Crippen molar-refractivity contribution in [3.8, 4) is 0 Å². The van der Waals surface area contributed by atoms with E-state index in [9.17, 15) is 0 Å². The zero-order valence-electron chi connectivity index (χ0n) is 12.8. The maximum absolute atomic E-state index is 6.04. The molecule has 2 saturated heterocycles. The summed E-state index contributed by atoms with van der Waals surface area (Å²) < 4.78 is 0. The van der Waals surface area contributed by atoms with Gasteiger partial charge in [-0.3, -0.25) is 15.5 Å². The Balaban J connectivity index is 1.47. The summed E-state index contributed by atoms with van der Waals surface area (Å²) in [5.74, 6) is 0.903. The van der Waals surface area contributed by atoms with Gasteiger partial charge in [0.15, 0.2) is 0 Å². The number of nitrogens with zero attached hydrogens (tertiary/aromatic N) is 1. The lowest BCUT2D eigenvalue weighted by Gasteiger charge is -2.41. The van der Waals surface area contributed by atoms with Crippen molar-refractivity contribution in [2.24, 2.45) is 11.7 Å². The van der Waals surface area contributed by atoms with Crippen LogP contribution in [0.4, 0.5) is 0 Å². The molecule has 116 valence electrons. The molecule has 3 aliphatic rings. The molecule has 5 nitrogen and oxygen atoms in total. The summed E-state index contributed by atoms with van der Waals surface area (Å²) in [6.45, 7) is 5.57. The Hall–Kier alpha value is -0.200. The highest BCUT2D eigenvalue weighted by molar-refractivity contribution is 4.89. The molecular formula is C15H31N5. The average Bonchev–Trinajstić information content (AvgIpc) is 3.07. The number of rotatable bonds is 4. The fourth-order valence-corrected chi connectivity index (χ4v) is 4.02. The second kappa shape index (κ2) is 6.71. The van der Waals surface area contributed by atoms with Gasteiger partial charge in [-0.1, -0.05) is 12.8 Å². The van der Waals surface area contributed by atoms with Crippen LogP contribution in [0, 0.1) is 5.92 Å². The standard InChI is InChI=1S/C15H31N5/c1-11-18-14(17-9-12-4-2-3-5-12)8-15(19-11)20-7-6-13(16)10-20/h11-15,17-19H,2-10,16H2,1H3/t11-,13+,14+,15+/m0/s1. The number of hydrogen-bond donors (Lipinski definition) is 4. The minimum Gasteiger partial charge on any atom is -0.326 e. The normalized spacial score (nSPS) is 40.5. The van der Waals surface area contributed by atoms with Crippen LogP contribution < -0.4 is 21.7 Å². The first-order valence-electron chi connectivity index (χ1n) is 8.46. The predicted molar refractivity (Wildman–Crippen MR) is 82.1 cm³/mol. The van der Waals surface area contributed by atoms with Crippen LogP contribution in [0.25, 0.3) is 0 Å². The summed E-state index contributed by atoms with van der Waals surface area (Å²) in [4.78, 5) is 2.52. The molecule has 1 saturated carbocycles. The van der Waals surface area contributed by atoms with Crippen LogP contribution in [0.15, 0.2) is 0 Å². The zero-order valence-corrected chi connectivity index (χ0v) is 12.8. The lowest BCUT2D eigenvalue weighted by atomic mass is 10.1. The molecule has 5 heteroatoms. The lowest BCUT2D eigenvalue weighted by Crippen LogP contribution is -2.65. The molecular weight excluding hydrogens is 250 g/mol. The van der Waals surface area contributed by atoms with Crippen LogP contribution >= 0.6 is 0 Å². The highest BCUT2D eigenvalue weighted by Gasteiger charge is 2.32. The van der Waals surface area contributed by atoms with E-state index in [1.807, 2.05) is 0 Å². The van der Waals surface area contributed by atoms with Crippen LogP contribution in [0.5, 0.6) is 0 Å². The Morgan fingerprint density at radius 2 is 2.00 bits per heavy atom. The Morgan fingerprint density at radius 1 is 1.20 bits per heavy atom. The molecule has 5 N–H and O–H groups in total. The second-order valence-electron chi connectivity index (χ2n) is 6.96. The Labute approximate surface area is 123 Å². The number of nitrogens with one attached hydrogen (secondary N) is 3. The van der Waals surface area contributed by atoms with Crippen LogP contribution in [-0.2, 0) is 0 Å². The highest BCUT2D eigenvalue weighted by atomic mass is 15.4. The molecule has 2 aliphatic heterocycles. The predicted octanol–water partition coefficient (Wildman–Crippen LogP) is 0.380. The smallest absolute Gasteiger partial charge is 0.0637 e. The van der Waals surface area contributed by atoms with E-state index in [1.54, 1.807) is 0 Å². The molecule has 0 aromatic carbocycles. The maximum atomic E-state index is 6.04. The Morgan fingerprint density at radius 3 is 2.70 bits per heavy atom. The van der Waals surface area contributed by atoms with Gasteiger partial charge in [0.05, 0.1) is 18.5 Å². The van der Waals surface area contributed by atoms with Gasteiger partial charge in [0.1, 0.15) is 0 Å². The monoisotopic (exact) mass is 281 g/mol. The fraction of sp³-hybridized carbons (Fsp3) is 1.00. The van der Waals surface area contributed by atoms with E-state index in [2.05, 4.69) is 27.8 Å². The van der Waals surface area contributed by atoms with Gasteiger partial charge in [-0.15, -0.1) is 0 Å². The van der Waals surface area contributed by atoms with Gasteiger partial charge in [-0.25, -0.2) is 0 Å². The molecule has 0 spiro atoms. The lowest BCUT2D eigenvalue weighted by molar-refractivity contribution is 0.104. The van der Waals surface area contributed by atoms with Crippen molar-refractivity contribution in [2.45, 2.75) is 70.0 Å². The van der Waals surface area contributed by atoms with Gasteiger partial charge in [-0.05, 0) is 38.6 Å². The molecule has 20 heavy (non-hydrogen) atoms. The van der Waals surface area contributed by atoms with Gasteiger partial charge in [0.2, 0.25) is 0 Å². The quantitative estimate of drug-likeness (QED) is 0.600. The van der Waals surface area contributed by atoms with Gasteiger partial charge in [0, 0.05) is 25.6 Å². The van der Waals surface area contributed by atoms with Crippen molar-refractivity contribution >= 4 is 0 Å². The van der Waals surface area contributed by atoms with Crippen LogP contribution in [0.1, 0.15) is 45.4 Å². The molecule has 2 heterocycles. The number of nitrogens with two attached hydrogens (primary N) is 1. The second-order valence-corrected chi connectivity index (χ2v) is 6.96. The summed E-state index contributed by atoms with van der Waals surface area (Å²) in [5.41, 5.74) is 6.04. The zero-order chi connectivity index (χ0) is 13.9. The summed E-state index contributed by atoms with van der Waals surface area (Å²) in [6, 6.07) is 0.367. The third-order valence-electron chi connectivity index (χ3n) is 5.18. The number of likely N-dealkylation sites (tertiary alicyclic amines) is 1. The van der Waals surface area contributed by atoms with Crippen molar-refractivity contribution < 1.29 is 0 Å². The molecule has 4 atom stereocenters. The molecule has 0 unspecified atom stereocenters.